The second-order valence-corrected chi connectivity index (χ2v) is 3.17. The summed E-state index contributed by atoms with van der Waals surface area (Å²) < 4.78 is 0. The topological polar surface area (TPSA) is 96.0 Å². The van der Waals surface area contributed by atoms with Crippen LogP contribution in [0.4, 0.5) is 0 Å². The molecule has 0 aromatic rings. The third kappa shape index (κ3) is 2.18. The van der Waals surface area contributed by atoms with Crippen molar-refractivity contribution >= 4 is 11.8 Å². The smallest absolute Gasteiger partial charge is 0.240 e. The van der Waals surface area contributed by atoms with E-state index < -0.39 is 11.3 Å². The lowest BCUT2D eigenvalue weighted by Gasteiger charge is -2.05. The number of nitrogens with zero attached hydrogens (tertiary/aromatic N) is 1. The summed E-state index contributed by atoms with van der Waals surface area (Å²) in [6.45, 7) is 0.220. The van der Waals surface area contributed by atoms with Crippen LogP contribution in [0.25, 0.3) is 0 Å². The van der Waals surface area contributed by atoms with Crippen LogP contribution < -0.4 is 11.1 Å². The van der Waals surface area contributed by atoms with Gasteiger partial charge in [0.1, 0.15) is 5.41 Å². The Labute approximate surface area is 75.9 Å². The number of nitriles is 1. The summed E-state index contributed by atoms with van der Waals surface area (Å²) in [6, 6.07) is 1.96. The van der Waals surface area contributed by atoms with Gasteiger partial charge in [0.05, 0.1) is 6.07 Å². The number of carbonyl (C=O) groups is 2. The van der Waals surface area contributed by atoms with Crippen LogP contribution in [0.5, 0.6) is 0 Å². The van der Waals surface area contributed by atoms with E-state index in [-0.39, 0.29) is 18.9 Å². The van der Waals surface area contributed by atoms with Gasteiger partial charge in [-0.2, -0.15) is 5.26 Å². The van der Waals surface area contributed by atoms with E-state index in [1.165, 1.54) is 0 Å². The molecule has 3 N–H and O–H groups in total. The van der Waals surface area contributed by atoms with Gasteiger partial charge in [0.15, 0.2) is 0 Å². The zero-order valence-electron chi connectivity index (χ0n) is 7.17. The summed E-state index contributed by atoms with van der Waals surface area (Å²) in [7, 11) is 0. The number of rotatable bonds is 4. The van der Waals surface area contributed by atoms with Crippen molar-refractivity contribution in [2.24, 2.45) is 11.1 Å². The number of carbonyl (C=O) groups excluding carboxylic acids is 2. The van der Waals surface area contributed by atoms with E-state index >= 15 is 0 Å². The third-order valence-corrected chi connectivity index (χ3v) is 2.06. The van der Waals surface area contributed by atoms with Crippen molar-refractivity contribution in [3.8, 4) is 6.07 Å². The van der Waals surface area contributed by atoms with Crippen molar-refractivity contribution in [1.29, 1.82) is 5.26 Å². The minimum atomic E-state index is -0.808. The number of nitrogens with one attached hydrogen (secondary N) is 1. The Bertz CT molecular complexity index is 276. The van der Waals surface area contributed by atoms with Crippen LogP contribution in [0.2, 0.25) is 0 Å². The average Bonchev–Trinajstić information content (AvgIpc) is 2.83. The van der Waals surface area contributed by atoms with Gasteiger partial charge in [-0.3, -0.25) is 9.59 Å². The largest absolute Gasteiger partial charge is 0.370 e. The molecule has 5 heteroatoms. The standard InChI is InChI=1S/C8H11N3O2/c9-5-8(2-3-8)7(13)11-4-1-6(10)12/h1-4H2,(H2,10,12)(H,11,13). The summed E-state index contributed by atoms with van der Waals surface area (Å²) in [5, 5.41) is 11.1. The fourth-order valence-corrected chi connectivity index (χ4v) is 0.983. The van der Waals surface area contributed by atoms with Crippen molar-refractivity contribution in [1.82, 2.24) is 5.32 Å². The molecule has 0 aliphatic heterocycles. The van der Waals surface area contributed by atoms with Crippen LogP contribution >= 0.6 is 0 Å². The summed E-state index contributed by atoms with van der Waals surface area (Å²) in [5.41, 5.74) is 4.07. The number of nitrogens with two attached hydrogens (primary N) is 1. The molecule has 0 aromatic carbocycles. The molecule has 0 radical (unpaired) electrons. The van der Waals surface area contributed by atoms with Gasteiger partial charge < -0.3 is 11.1 Å². The van der Waals surface area contributed by atoms with Gasteiger partial charge in [0, 0.05) is 13.0 Å². The van der Waals surface area contributed by atoms with Crippen molar-refractivity contribution < 1.29 is 9.59 Å². The molecule has 2 amide bonds. The van der Waals surface area contributed by atoms with Crippen molar-refractivity contribution in [3.63, 3.8) is 0 Å². The van der Waals surface area contributed by atoms with E-state index in [4.69, 9.17) is 11.0 Å². The minimum Gasteiger partial charge on any atom is -0.370 e. The highest BCUT2D eigenvalue weighted by Gasteiger charge is 2.50. The summed E-state index contributed by atoms with van der Waals surface area (Å²) in [5.74, 6) is -0.738. The fourth-order valence-electron chi connectivity index (χ4n) is 0.983. The van der Waals surface area contributed by atoms with Gasteiger partial charge in [-0.15, -0.1) is 0 Å². The second kappa shape index (κ2) is 3.44. The molecular formula is C8H11N3O2. The van der Waals surface area contributed by atoms with Crippen molar-refractivity contribution in [2.75, 3.05) is 6.54 Å². The molecule has 0 spiro atoms. The van der Waals surface area contributed by atoms with Gasteiger partial charge in [0.25, 0.3) is 0 Å². The van der Waals surface area contributed by atoms with E-state index in [9.17, 15) is 9.59 Å². The highest BCUT2D eigenvalue weighted by molar-refractivity contribution is 5.88. The molecule has 13 heavy (non-hydrogen) atoms. The fraction of sp³-hybridized carbons (Fsp3) is 0.625. The van der Waals surface area contributed by atoms with Crippen LogP contribution in [0.15, 0.2) is 0 Å². The van der Waals surface area contributed by atoms with E-state index in [1.807, 2.05) is 6.07 Å². The summed E-state index contributed by atoms with van der Waals surface area (Å²) in [4.78, 5) is 21.6. The minimum absolute atomic E-state index is 0.118. The number of hydrogen-bond donors (Lipinski definition) is 2. The van der Waals surface area contributed by atoms with Crippen molar-refractivity contribution in [3.05, 3.63) is 0 Å². The molecule has 5 nitrogen and oxygen atoms in total. The molecule has 0 atom stereocenters. The van der Waals surface area contributed by atoms with Crippen LogP contribution in [0.3, 0.4) is 0 Å². The highest BCUT2D eigenvalue weighted by Crippen LogP contribution is 2.44. The zero-order valence-corrected chi connectivity index (χ0v) is 7.17. The van der Waals surface area contributed by atoms with Gasteiger partial charge >= 0.3 is 0 Å². The Morgan fingerprint density at radius 3 is 2.54 bits per heavy atom. The molecule has 1 rings (SSSR count). The lowest BCUT2D eigenvalue weighted by atomic mass is 10.1. The van der Waals surface area contributed by atoms with Gasteiger partial charge in [-0.25, -0.2) is 0 Å². The number of primary amides is 1. The maximum atomic E-state index is 11.3. The van der Waals surface area contributed by atoms with E-state index in [1.54, 1.807) is 0 Å². The Morgan fingerprint density at radius 1 is 1.54 bits per heavy atom. The quantitative estimate of drug-likeness (QED) is 0.599. The normalized spacial score (nSPS) is 17.2. The first-order chi connectivity index (χ1) is 6.10. The molecule has 1 aliphatic rings. The molecule has 0 unspecified atom stereocenters. The maximum Gasteiger partial charge on any atom is 0.240 e. The van der Waals surface area contributed by atoms with Gasteiger partial charge in [0.2, 0.25) is 11.8 Å². The number of amides is 2. The Balaban J connectivity index is 2.27. The van der Waals surface area contributed by atoms with Gasteiger partial charge in [-0.05, 0) is 12.8 Å². The summed E-state index contributed by atoms with van der Waals surface area (Å²) in [6.07, 6.45) is 1.35. The lowest BCUT2D eigenvalue weighted by Crippen LogP contribution is -2.33. The molecule has 0 heterocycles. The molecule has 1 saturated carbocycles. The molecule has 0 bridgehead atoms. The second-order valence-electron chi connectivity index (χ2n) is 3.17. The maximum absolute atomic E-state index is 11.3. The summed E-state index contributed by atoms with van der Waals surface area (Å²) >= 11 is 0. The van der Waals surface area contributed by atoms with E-state index in [0.717, 1.165) is 0 Å². The van der Waals surface area contributed by atoms with Crippen LogP contribution in [0.1, 0.15) is 19.3 Å². The lowest BCUT2D eigenvalue weighted by molar-refractivity contribution is -0.124. The highest BCUT2D eigenvalue weighted by atomic mass is 16.2. The van der Waals surface area contributed by atoms with Gasteiger partial charge in [-0.1, -0.05) is 0 Å². The first-order valence-electron chi connectivity index (χ1n) is 4.08. The van der Waals surface area contributed by atoms with Crippen LogP contribution in [-0.2, 0) is 9.59 Å². The van der Waals surface area contributed by atoms with E-state index in [2.05, 4.69) is 5.32 Å². The molecule has 0 saturated heterocycles. The van der Waals surface area contributed by atoms with Crippen LogP contribution in [0, 0.1) is 16.7 Å². The van der Waals surface area contributed by atoms with E-state index in [0.29, 0.717) is 12.8 Å². The monoisotopic (exact) mass is 181 g/mol. The predicted molar refractivity (Wildman–Crippen MR) is 44.1 cm³/mol. The molecule has 1 aliphatic carbocycles. The molecule has 0 aromatic heterocycles. The SMILES string of the molecule is N#CC1(C(=O)NCCC(N)=O)CC1. The number of hydrogen-bond acceptors (Lipinski definition) is 3. The van der Waals surface area contributed by atoms with Crippen LogP contribution in [-0.4, -0.2) is 18.4 Å². The van der Waals surface area contributed by atoms with Crippen molar-refractivity contribution in [2.45, 2.75) is 19.3 Å². The molecule has 1 fully saturated rings. The molecule has 70 valence electrons. The Kier molecular flexibility index (Phi) is 2.52. The molecular weight excluding hydrogens is 170 g/mol. The Morgan fingerprint density at radius 2 is 2.15 bits per heavy atom. The predicted octanol–water partition coefficient (Wildman–Crippen LogP) is -0.718. The Hall–Kier alpha value is -1.57. The first kappa shape index (κ1) is 9.52. The third-order valence-electron chi connectivity index (χ3n) is 2.06. The average molecular weight is 181 g/mol. The first-order valence-corrected chi connectivity index (χ1v) is 4.08. The zero-order chi connectivity index (χ0) is 9.90.